The highest BCUT2D eigenvalue weighted by molar-refractivity contribution is 5.41. The average molecular weight is 224 g/mol. The van der Waals surface area contributed by atoms with Crippen molar-refractivity contribution in [3.05, 3.63) is 24.3 Å². The van der Waals surface area contributed by atoms with E-state index in [2.05, 4.69) is 4.90 Å². The van der Waals surface area contributed by atoms with E-state index in [4.69, 9.17) is 15.2 Å². The molecule has 0 saturated carbocycles. The van der Waals surface area contributed by atoms with Gasteiger partial charge in [0.2, 0.25) is 0 Å². The minimum Gasteiger partial charge on any atom is -0.492 e. The van der Waals surface area contributed by atoms with E-state index in [1.54, 1.807) is 7.11 Å². The van der Waals surface area contributed by atoms with Gasteiger partial charge in [0.25, 0.3) is 0 Å². The van der Waals surface area contributed by atoms with Gasteiger partial charge in [0.1, 0.15) is 12.4 Å². The molecule has 1 rings (SSSR count). The van der Waals surface area contributed by atoms with Gasteiger partial charge >= 0.3 is 0 Å². The van der Waals surface area contributed by atoms with Gasteiger partial charge in [-0.2, -0.15) is 0 Å². The van der Waals surface area contributed by atoms with Crippen molar-refractivity contribution in [1.82, 2.24) is 4.90 Å². The third-order valence-corrected chi connectivity index (χ3v) is 2.30. The van der Waals surface area contributed by atoms with Crippen LogP contribution in [0.15, 0.2) is 24.3 Å². The van der Waals surface area contributed by atoms with Crippen LogP contribution in [-0.2, 0) is 4.74 Å². The van der Waals surface area contributed by atoms with Crippen molar-refractivity contribution in [2.45, 2.75) is 0 Å². The first kappa shape index (κ1) is 12.8. The van der Waals surface area contributed by atoms with Crippen LogP contribution in [0.3, 0.4) is 0 Å². The van der Waals surface area contributed by atoms with Crippen LogP contribution in [0.4, 0.5) is 5.69 Å². The Morgan fingerprint density at radius 3 is 2.38 bits per heavy atom. The van der Waals surface area contributed by atoms with Crippen LogP contribution in [0, 0.1) is 0 Å². The minimum atomic E-state index is 0.671. The summed E-state index contributed by atoms with van der Waals surface area (Å²) in [5.41, 5.74) is 6.33. The molecule has 0 amide bonds. The third kappa shape index (κ3) is 5.00. The molecule has 1 aromatic carbocycles. The summed E-state index contributed by atoms with van der Waals surface area (Å²) in [7, 11) is 3.75. The van der Waals surface area contributed by atoms with Gasteiger partial charge in [0.05, 0.1) is 6.61 Å². The van der Waals surface area contributed by atoms with Crippen LogP contribution < -0.4 is 10.5 Å². The van der Waals surface area contributed by atoms with Crippen molar-refractivity contribution in [3.8, 4) is 5.75 Å². The smallest absolute Gasteiger partial charge is 0.119 e. The molecule has 0 heterocycles. The molecule has 0 aromatic heterocycles. The molecule has 4 nitrogen and oxygen atoms in total. The van der Waals surface area contributed by atoms with Crippen LogP contribution >= 0.6 is 0 Å². The summed E-state index contributed by atoms with van der Waals surface area (Å²) in [4.78, 5) is 2.17. The molecule has 0 aliphatic rings. The quantitative estimate of drug-likeness (QED) is 0.708. The lowest BCUT2D eigenvalue weighted by Gasteiger charge is -2.16. The Bertz CT molecular complexity index is 288. The number of benzene rings is 1. The number of ether oxygens (including phenoxy) is 2. The fraction of sp³-hybridized carbons (Fsp3) is 0.500. The Kier molecular flexibility index (Phi) is 5.67. The monoisotopic (exact) mass is 224 g/mol. The first-order chi connectivity index (χ1) is 7.72. The molecule has 0 spiro atoms. The maximum Gasteiger partial charge on any atom is 0.119 e. The van der Waals surface area contributed by atoms with E-state index >= 15 is 0 Å². The molecule has 1 aromatic rings. The summed E-state index contributed by atoms with van der Waals surface area (Å²) in [6, 6.07) is 7.43. The summed E-state index contributed by atoms with van der Waals surface area (Å²) in [6.45, 7) is 3.22. The summed E-state index contributed by atoms with van der Waals surface area (Å²) in [6.07, 6.45) is 0. The van der Waals surface area contributed by atoms with Crippen molar-refractivity contribution in [2.24, 2.45) is 0 Å². The van der Waals surface area contributed by atoms with Gasteiger partial charge in [-0.1, -0.05) is 0 Å². The molecule has 90 valence electrons. The first-order valence-electron chi connectivity index (χ1n) is 5.38. The maximum atomic E-state index is 5.58. The van der Waals surface area contributed by atoms with E-state index in [0.29, 0.717) is 6.61 Å². The zero-order chi connectivity index (χ0) is 11.8. The molecule has 0 aliphatic heterocycles. The number of nitrogens with two attached hydrogens (primary N) is 1. The summed E-state index contributed by atoms with van der Waals surface area (Å²) < 4.78 is 10.6. The zero-order valence-electron chi connectivity index (χ0n) is 9.98. The van der Waals surface area contributed by atoms with E-state index in [0.717, 1.165) is 31.1 Å². The lowest BCUT2D eigenvalue weighted by atomic mass is 10.3. The fourth-order valence-corrected chi connectivity index (χ4v) is 1.24. The second-order valence-electron chi connectivity index (χ2n) is 3.71. The van der Waals surface area contributed by atoms with Crippen LogP contribution in [0.2, 0.25) is 0 Å². The van der Waals surface area contributed by atoms with Gasteiger partial charge in [-0.15, -0.1) is 0 Å². The second-order valence-corrected chi connectivity index (χ2v) is 3.71. The highest BCUT2D eigenvalue weighted by atomic mass is 16.5. The molecule has 16 heavy (non-hydrogen) atoms. The normalized spacial score (nSPS) is 10.7. The number of hydrogen-bond donors (Lipinski definition) is 1. The van der Waals surface area contributed by atoms with Gasteiger partial charge in [-0.05, 0) is 31.3 Å². The topological polar surface area (TPSA) is 47.7 Å². The zero-order valence-corrected chi connectivity index (χ0v) is 9.98. The molecule has 2 N–H and O–H groups in total. The number of nitrogen functional groups attached to an aromatic ring is 1. The van der Waals surface area contributed by atoms with Crippen LogP contribution in [-0.4, -0.2) is 45.4 Å². The van der Waals surface area contributed by atoms with Crippen LogP contribution in [0.25, 0.3) is 0 Å². The minimum absolute atomic E-state index is 0.671. The maximum absolute atomic E-state index is 5.58. The molecule has 0 atom stereocenters. The van der Waals surface area contributed by atoms with Gasteiger partial charge in [0, 0.05) is 25.9 Å². The van der Waals surface area contributed by atoms with Gasteiger partial charge < -0.3 is 20.1 Å². The van der Waals surface area contributed by atoms with E-state index in [9.17, 15) is 0 Å². The number of likely N-dealkylation sites (N-methyl/N-ethyl adjacent to an activating group) is 1. The average Bonchev–Trinajstić information content (AvgIpc) is 2.29. The number of nitrogens with zero attached hydrogens (tertiary/aromatic N) is 1. The predicted octanol–water partition coefficient (Wildman–Crippen LogP) is 1.23. The predicted molar refractivity (Wildman–Crippen MR) is 65.7 cm³/mol. The van der Waals surface area contributed by atoms with Crippen molar-refractivity contribution < 1.29 is 9.47 Å². The Hall–Kier alpha value is -1.26. The Morgan fingerprint density at radius 1 is 1.12 bits per heavy atom. The highest BCUT2D eigenvalue weighted by Gasteiger charge is 1.98. The molecule has 0 saturated heterocycles. The number of methoxy groups -OCH3 is 1. The Labute approximate surface area is 96.9 Å². The molecular formula is C12H20N2O2. The Morgan fingerprint density at radius 2 is 1.75 bits per heavy atom. The number of anilines is 1. The number of hydrogen-bond acceptors (Lipinski definition) is 4. The van der Waals surface area contributed by atoms with E-state index in [-0.39, 0.29) is 0 Å². The van der Waals surface area contributed by atoms with Crippen molar-refractivity contribution >= 4 is 5.69 Å². The highest BCUT2D eigenvalue weighted by Crippen LogP contribution is 2.12. The molecule has 0 fully saturated rings. The molecule has 0 radical (unpaired) electrons. The van der Waals surface area contributed by atoms with Gasteiger partial charge in [-0.3, -0.25) is 0 Å². The molecule has 0 aliphatic carbocycles. The Balaban J connectivity index is 2.17. The number of rotatable bonds is 7. The fourth-order valence-electron chi connectivity index (χ4n) is 1.24. The van der Waals surface area contributed by atoms with E-state index in [1.807, 2.05) is 31.3 Å². The summed E-state index contributed by atoms with van der Waals surface area (Å²) in [5, 5.41) is 0. The lowest BCUT2D eigenvalue weighted by molar-refractivity contribution is 0.150. The van der Waals surface area contributed by atoms with Crippen LogP contribution in [0.1, 0.15) is 0 Å². The first-order valence-corrected chi connectivity index (χ1v) is 5.38. The molecule has 0 unspecified atom stereocenters. The van der Waals surface area contributed by atoms with E-state index in [1.165, 1.54) is 0 Å². The van der Waals surface area contributed by atoms with E-state index < -0.39 is 0 Å². The summed E-state index contributed by atoms with van der Waals surface area (Å²) >= 11 is 0. The third-order valence-electron chi connectivity index (χ3n) is 2.30. The molecular weight excluding hydrogens is 204 g/mol. The standard InChI is InChI=1S/C12H20N2O2/c1-14(7-9-15-2)8-10-16-12-5-3-11(13)4-6-12/h3-6H,7-10,13H2,1-2H3. The van der Waals surface area contributed by atoms with Gasteiger partial charge in [0.15, 0.2) is 0 Å². The van der Waals surface area contributed by atoms with Crippen molar-refractivity contribution in [3.63, 3.8) is 0 Å². The molecule has 4 heteroatoms. The van der Waals surface area contributed by atoms with Crippen molar-refractivity contribution in [1.29, 1.82) is 0 Å². The van der Waals surface area contributed by atoms with Crippen LogP contribution in [0.5, 0.6) is 5.75 Å². The SMILES string of the molecule is COCCN(C)CCOc1ccc(N)cc1. The largest absolute Gasteiger partial charge is 0.492 e. The van der Waals surface area contributed by atoms with Crippen molar-refractivity contribution in [2.75, 3.05) is 46.2 Å². The van der Waals surface area contributed by atoms with Gasteiger partial charge in [-0.25, -0.2) is 0 Å². The summed E-state index contributed by atoms with van der Waals surface area (Å²) in [5.74, 6) is 0.856. The lowest BCUT2D eigenvalue weighted by Crippen LogP contribution is -2.27. The second kappa shape index (κ2) is 7.09. The molecule has 0 bridgehead atoms.